The van der Waals surface area contributed by atoms with Crippen LogP contribution in [0.15, 0.2) is 46.1 Å². The van der Waals surface area contributed by atoms with E-state index in [4.69, 9.17) is 21.3 Å². The zero-order valence-electron chi connectivity index (χ0n) is 13.3. The van der Waals surface area contributed by atoms with Crippen molar-refractivity contribution in [2.45, 2.75) is 23.9 Å². The smallest absolute Gasteiger partial charge is 0.242 e. The maximum absolute atomic E-state index is 12.6. The van der Waals surface area contributed by atoms with Crippen LogP contribution in [0.4, 0.5) is 5.69 Å². The molecule has 1 atom stereocenters. The van der Waals surface area contributed by atoms with E-state index >= 15 is 0 Å². The minimum Gasteiger partial charge on any atom is -0.472 e. The summed E-state index contributed by atoms with van der Waals surface area (Å²) >= 11 is 6.10. The molecule has 0 unspecified atom stereocenters. The van der Waals surface area contributed by atoms with Crippen molar-refractivity contribution in [3.63, 3.8) is 0 Å². The number of hydrogen-bond donors (Lipinski definition) is 2. The van der Waals surface area contributed by atoms with Crippen molar-refractivity contribution in [1.82, 2.24) is 9.62 Å². The van der Waals surface area contributed by atoms with Gasteiger partial charge in [-0.25, -0.2) is 13.1 Å². The van der Waals surface area contributed by atoms with E-state index in [2.05, 4.69) is 10.0 Å². The summed E-state index contributed by atoms with van der Waals surface area (Å²) in [5.74, 6) is 0. The lowest BCUT2D eigenvalue weighted by Crippen LogP contribution is -2.36. The van der Waals surface area contributed by atoms with Gasteiger partial charge in [-0.1, -0.05) is 11.6 Å². The van der Waals surface area contributed by atoms with Crippen LogP contribution in [-0.4, -0.2) is 32.4 Å². The molecule has 9 heteroatoms. The lowest BCUT2D eigenvalue weighted by molar-refractivity contribution is 0.470. The van der Waals surface area contributed by atoms with Crippen molar-refractivity contribution in [2.24, 2.45) is 0 Å². The summed E-state index contributed by atoms with van der Waals surface area (Å²) in [4.78, 5) is 1.54. The average molecular weight is 381 g/mol. The summed E-state index contributed by atoms with van der Waals surface area (Å²) in [6.45, 7) is 1.42. The van der Waals surface area contributed by atoms with Gasteiger partial charge in [0.1, 0.15) is 4.90 Å². The van der Waals surface area contributed by atoms with E-state index in [1.807, 2.05) is 12.3 Å². The van der Waals surface area contributed by atoms with Crippen LogP contribution in [0.1, 0.15) is 12.0 Å². The number of nitrogens with zero attached hydrogens (tertiary/aromatic N) is 2. The Balaban J connectivity index is 1.73. The van der Waals surface area contributed by atoms with Crippen LogP contribution in [-0.2, 0) is 16.6 Å². The molecule has 25 heavy (non-hydrogen) atoms. The molecule has 1 fully saturated rings. The van der Waals surface area contributed by atoms with Crippen molar-refractivity contribution in [3.8, 4) is 6.19 Å². The molecule has 7 nitrogen and oxygen atoms in total. The first-order chi connectivity index (χ1) is 12.0. The monoisotopic (exact) mass is 380 g/mol. The van der Waals surface area contributed by atoms with Gasteiger partial charge in [0, 0.05) is 36.9 Å². The molecule has 132 valence electrons. The summed E-state index contributed by atoms with van der Waals surface area (Å²) in [7, 11) is -3.78. The molecular formula is C16H17ClN4O3S. The summed E-state index contributed by atoms with van der Waals surface area (Å²) in [5, 5.41) is 12.2. The first-order valence-electron chi connectivity index (χ1n) is 7.69. The fraction of sp³-hybridized carbons (Fsp3) is 0.312. The minimum absolute atomic E-state index is 0.0155. The van der Waals surface area contributed by atoms with E-state index in [0.717, 1.165) is 5.56 Å². The third-order valence-electron chi connectivity index (χ3n) is 3.95. The zero-order valence-corrected chi connectivity index (χ0v) is 14.8. The van der Waals surface area contributed by atoms with Gasteiger partial charge in [0.15, 0.2) is 6.19 Å². The molecule has 2 heterocycles. The first kappa shape index (κ1) is 17.6. The molecule has 3 rings (SSSR count). The molecule has 1 saturated heterocycles. The maximum atomic E-state index is 12.6. The molecule has 1 aliphatic rings. The van der Waals surface area contributed by atoms with Gasteiger partial charge in [-0.05, 0) is 30.7 Å². The van der Waals surface area contributed by atoms with Gasteiger partial charge >= 0.3 is 0 Å². The predicted octanol–water partition coefficient (Wildman–Crippen LogP) is 2.38. The first-order valence-corrected chi connectivity index (χ1v) is 9.55. The second-order valence-corrected chi connectivity index (χ2v) is 7.87. The minimum atomic E-state index is -3.78. The highest BCUT2D eigenvalue weighted by Gasteiger charge is 2.28. The molecule has 2 N–H and O–H groups in total. The number of halogens is 1. The topological polar surface area (TPSA) is 98.4 Å². The highest BCUT2D eigenvalue weighted by molar-refractivity contribution is 7.89. The number of nitriles is 1. The van der Waals surface area contributed by atoms with Crippen molar-refractivity contribution in [1.29, 1.82) is 5.26 Å². The quantitative estimate of drug-likeness (QED) is 0.746. The highest BCUT2D eigenvalue weighted by Crippen LogP contribution is 2.26. The molecule has 1 aliphatic heterocycles. The van der Waals surface area contributed by atoms with Crippen LogP contribution in [0.3, 0.4) is 0 Å². The SMILES string of the molecule is N#CN1CC[C@@H](NS(=O)(=O)c2cc(NCc3ccoc3)ccc2Cl)C1. The second kappa shape index (κ2) is 7.35. The van der Waals surface area contributed by atoms with Crippen LogP contribution in [0.2, 0.25) is 5.02 Å². The van der Waals surface area contributed by atoms with Gasteiger partial charge in [0.05, 0.1) is 17.5 Å². The number of anilines is 1. The Morgan fingerprint density at radius 3 is 2.92 bits per heavy atom. The molecule has 0 spiro atoms. The van der Waals surface area contributed by atoms with Crippen molar-refractivity contribution in [3.05, 3.63) is 47.4 Å². The van der Waals surface area contributed by atoms with E-state index < -0.39 is 10.0 Å². The van der Waals surface area contributed by atoms with Crippen molar-refractivity contribution in [2.75, 3.05) is 18.4 Å². The predicted molar refractivity (Wildman–Crippen MR) is 93.4 cm³/mol. The third-order valence-corrected chi connectivity index (χ3v) is 5.95. The van der Waals surface area contributed by atoms with Gasteiger partial charge in [-0.3, -0.25) is 0 Å². The van der Waals surface area contributed by atoms with Gasteiger partial charge < -0.3 is 14.6 Å². The normalized spacial score (nSPS) is 17.4. The summed E-state index contributed by atoms with van der Waals surface area (Å²) in [6.07, 6.45) is 5.80. The molecule has 0 aliphatic carbocycles. The Hall–Kier alpha value is -2.21. The maximum Gasteiger partial charge on any atom is 0.242 e. The Morgan fingerprint density at radius 1 is 1.40 bits per heavy atom. The standard InChI is InChI=1S/C16H17ClN4O3S/c17-15-2-1-13(19-8-12-4-6-24-10-12)7-16(15)25(22,23)20-14-3-5-21(9-14)11-18/h1-2,4,6-7,10,14,19-20H,3,5,8-9H2/t14-/m1/s1. The molecule has 0 amide bonds. The van der Waals surface area contributed by atoms with E-state index in [9.17, 15) is 8.42 Å². The Morgan fingerprint density at radius 2 is 2.24 bits per heavy atom. The number of rotatable bonds is 6. The number of nitrogens with one attached hydrogen (secondary N) is 2. The second-order valence-electron chi connectivity index (χ2n) is 5.78. The van der Waals surface area contributed by atoms with Gasteiger partial charge in [-0.2, -0.15) is 5.26 Å². The molecule has 2 aromatic rings. The summed E-state index contributed by atoms with van der Waals surface area (Å²) in [5.41, 5.74) is 1.58. The number of benzene rings is 1. The Labute approximate surface area is 151 Å². The van der Waals surface area contributed by atoms with Gasteiger partial charge in [0.25, 0.3) is 0 Å². The summed E-state index contributed by atoms with van der Waals surface area (Å²) < 4.78 is 32.9. The van der Waals surface area contributed by atoms with Gasteiger partial charge in [-0.15, -0.1) is 0 Å². The molecule has 1 aromatic heterocycles. The van der Waals surface area contributed by atoms with Crippen molar-refractivity contribution >= 4 is 27.3 Å². The van der Waals surface area contributed by atoms with E-state index in [1.165, 1.54) is 11.0 Å². The lowest BCUT2D eigenvalue weighted by atomic mass is 10.3. The van der Waals surface area contributed by atoms with E-state index in [-0.39, 0.29) is 16.0 Å². The van der Waals surface area contributed by atoms with Gasteiger partial charge in [0.2, 0.25) is 10.0 Å². The average Bonchev–Trinajstić information content (AvgIpc) is 3.25. The van der Waals surface area contributed by atoms with E-state index in [1.54, 1.807) is 24.7 Å². The fourth-order valence-electron chi connectivity index (χ4n) is 2.65. The van der Waals surface area contributed by atoms with Crippen molar-refractivity contribution < 1.29 is 12.8 Å². The Bertz CT molecular complexity index is 877. The number of likely N-dealkylation sites (tertiary alicyclic amines) is 1. The molecule has 1 aromatic carbocycles. The number of hydrogen-bond acceptors (Lipinski definition) is 6. The summed E-state index contributed by atoms with van der Waals surface area (Å²) in [6, 6.07) is 6.28. The Kier molecular flexibility index (Phi) is 5.18. The fourth-order valence-corrected chi connectivity index (χ4v) is 4.43. The highest BCUT2D eigenvalue weighted by atomic mass is 35.5. The van der Waals surface area contributed by atoms with Crippen LogP contribution in [0.5, 0.6) is 0 Å². The molecule has 0 saturated carbocycles. The molecular weight excluding hydrogens is 364 g/mol. The number of sulfonamides is 1. The third kappa shape index (κ3) is 4.25. The zero-order chi connectivity index (χ0) is 17.9. The molecule has 0 radical (unpaired) electrons. The van der Waals surface area contributed by atoms with E-state index in [0.29, 0.717) is 31.7 Å². The number of furan rings is 1. The van der Waals surface area contributed by atoms with Crippen LogP contribution >= 0.6 is 11.6 Å². The van der Waals surface area contributed by atoms with Crippen LogP contribution in [0.25, 0.3) is 0 Å². The van der Waals surface area contributed by atoms with Crippen LogP contribution in [0, 0.1) is 11.5 Å². The molecule has 0 bridgehead atoms. The largest absolute Gasteiger partial charge is 0.472 e. The van der Waals surface area contributed by atoms with Crippen LogP contribution < -0.4 is 10.0 Å². The lowest BCUT2D eigenvalue weighted by Gasteiger charge is -2.15.